The third-order valence-electron chi connectivity index (χ3n) is 5.10. The Morgan fingerprint density at radius 2 is 1.96 bits per heavy atom. The van der Waals surface area contributed by atoms with E-state index in [1.54, 1.807) is 0 Å². The summed E-state index contributed by atoms with van der Waals surface area (Å²) in [5, 5.41) is 3.46. The largest absolute Gasteiger partial charge is 0.339 e. The van der Waals surface area contributed by atoms with E-state index < -0.39 is 0 Å². The molecule has 0 aliphatic carbocycles. The molecular formula is C21H35ClN2O. The van der Waals surface area contributed by atoms with Gasteiger partial charge in [-0.25, -0.2) is 0 Å². The fourth-order valence-electron chi connectivity index (χ4n) is 3.89. The Labute approximate surface area is 160 Å². The highest BCUT2D eigenvalue weighted by molar-refractivity contribution is 5.85. The van der Waals surface area contributed by atoms with Gasteiger partial charge in [0.05, 0.1) is 0 Å². The lowest BCUT2D eigenvalue weighted by atomic mass is 9.90. The summed E-state index contributed by atoms with van der Waals surface area (Å²) in [6.45, 7) is 8.44. The highest BCUT2D eigenvalue weighted by Crippen LogP contribution is 2.23. The van der Waals surface area contributed by atoms with Crippen molar-refractivity contribution in [3.8, 4) is 0 Å². The Hall–Kier alpha value is -1.06. The molecule has 0 spiro atoms. The van der Waals surface area contributed by atoms with Crippen molar-refractivity contribution in [1.29, 1.82) is 0 Å². The Morgan fingerprint density at radius 3 is 2.56 bits per heavy atom. The number of halogens is 1. The van der Waals surface area contributed by atoms with E-state index in [2.05, 4.69) is 61.3 Å². The van der Waals surface area contributed by atoms with Crippen LogP contribution in [-0.4, -0.2) is 36.0 Å². The number of nitrogens with one attached hydrogen (secondary N) is 1. The van der Waals surface area contributed by atoms with Crippen LogP contribution in [0.15, 0.2) is 30.3 Å². The van der Waals surface area contributed by atoms with Crippen LogP contribution in [0.25, 0.3) is 0 Å². The van der Waals surface area contributed by atoms with E-state index in [9.17, 15) is 4.79 Å². The number of hydrogen-bond acceptors (Lipinski definition) is 2. The fraction of sp³-hybridized carbons (Fsp3) is 0.667. The van der Waals surface area contributed by atoms with Gasteiger partial charge in [0.15, 0.2) is 0 Å². The molecule has 0 aromatic heterocycles. The van der Waals surface area contributed by atoms with Gasteiger partial charge in [-0.05, 0) is 51.1 Å². The lowest BCUT2D eigenvalue weighted by Gasteiger charge is -2.37. The smallest absolute Gasteiger partial charge is 0.226 e. The number of nitrogens with zero attached hydrogens (tertiary/aromatic N) is 1. The molecule has 4 heteroatoms. The van der Waals surface area contributed by atoms with E-state index in [-0.39, 0.29) is 18.3 Å². The second kappa shape index (κ2) is 11.5. The van der Waals surface area contributed by atoms with E-state index in [1.165, 1.54) is 5.56 Å². The molecule has 1 N–H and O–H groups in total. The monoisotopic (exact) mass is 366 g/mol. The second-order valence-corrected chi connectivity index (χ2v) is 7.24. The molecule has 1 aliphatic rings. The predicted octanol–water partition coefficient (Wildman–Crippen LogP) is 4.45. The van der Waals surface area contributed by atoms with E-state index in [1.807, 2.05) is 0 Å². The summed E-state index contributed by atoms with van der Waals surface area (Å²) in [7, 11) is 0. The lowest BCUT2D eigenvalue weighted by molar-refractivity contribution is -0.139. The summed E-state index contributed by atoms with van der Waals surface area (Å²) in [5.41, 5.74) is 1.34. The van der Waals surface area contributed by atoms with Crippen LogP contribution in [0.5, 0.6) is 0 Å². The topological polar surface area (TPSA) is 32.3 Å². The lowest BCUT2D eigenvalue weighted by Crippen LogP contribution is -2.48. The van der Waals surface area contributed by atoms with Crippen molar-refractivity contribution in [3.63, 3.8) is 0 Å². The van der Waals surface area contributed by atoms with Gasteiger partial charge in [-0.3, -0.25) is 4.79 Å². The van der Waals surface area contributed by atoms with Crippen molar-refractivity contribution in [2.24, 2.45) is 5.92 Å². The van der Waals surface area contributed by atoms with Crippen LogP contribution in [0.2, 0.25) is 0 Å². The van der Waals surface area contributed by atoms with E-state index in [4.69, 9.17) is 0 Å². The second-order valence-electron chi connectivity index (χ2n) is 7.24. The first kappa shape index (κ1) is 22.0. The van der Waals surface area contributed by atoms with Crippen LogP contribution in [0.3, 0.4) is 0 Å². The first-order valence-corrected chi connectivity index (χ1v) is 9.73. The summed E-state index contributed by atoms with van der Waals surface area (Å²) in [6, 6.07) is 11.4. The van der Waals surface area contributed by atoms with Crippen molar-refractivity contribution in [2.75, 3.05) is 13.1 Å². The van der Waals surface area contributed by atoms with Gasteiger partial charge in [0.2, 0.25) is 5.91 Å². The van der Waals surface area contributed by atoms with E-state index in [0.29, 0.717) is 18.0 Å². The number of carbonyl (C=O) groups excluding carboxylic acids is 1. The highest BCUT2D eigenvalue weighted by Gasteiger charge is 2.31. The van der Waals surface area contributed by atoms with Gasteiger partial charge in [-0.2, -0.15) is 0 Å². The minimum Gasteiger partial charge on any atom is -0.339 e. The molecule has 1 fully saturated rings. The molecule has 1 unspecified atom stereocenters. The number of carbonyl (C=O) groups is 1. The van der Waals surface area contributed by atoms with Crippen LogP contribution in [0.1, 0.15) is 58.4 Å². The zero-order valence-electron chi connectivity index (χ0n) is 16.0. The average molecular weight is 367 g/mol. The first-order chi connectivity index (χ1) is 11.7. The fourth-order valence-corrected chi connectivity index (χ4v) is 3.89. The van der Waals surface area contributed by atoms with Crippen LogP contribution in [0.4, 0.5) is 0 Å². The first-order valence-electron chi connectivity index (χ1n) is 9.73. The molecule has 3 atom stereocenters. The van der Waals surface area contributed by atoms with Gasteiger partial charge in [0, 0.05) is 24.5 Å². The standard InChI is InChI=1S/C21H34N2O.ClH/c1-4-9-20(16-18-10-7-6-8-11-18)23(14-5-2)21(24)19-12-13-22-17(3)15-19;/h6-8,10-11,17,19-20,22H,4-5,9,12-16H2,1-3H3;1H/t17-,19-,20?;/m0./s1. The van der Waals surface area contributed by atoms with Crippen molar-refractivity contribution >= 4 is 18.3 Å². The highest BCUT2D eigenvalue weighted by atomic mass is 35.5. The quantitative estimate of drug-likeness (QED) is 0.737. The van der Waals surface area contributed by atoms with Crippen molar-refractivity contribution in [3.05, 3.63) is 35.9 Å². The van der Waals surface area contributed by atoms with Crippen LogP contribution < -0.4 is 5.32 Å². The summed E-state index contributed by atoms with van der Waals surface area (Å²) < 4.78 is 0. The number of amides is 1. The van der Waals surface area contributed by atoms with Crippen molar-refractivity contribution in [1.82, 2.24) is 10.2 Å². The van der Waals surface area contributed by atoms with Gasteiger partial charge in [-0.15, -0.1) is 12.4 Å². The minimum absolute atomic E-state index is 0. The number of piperidine rings is 1. The summed E-state index contributed by atoms with van der Waals surface area (Å²) in [6.07, 6.45) is 6.16. The maximum atomic E-state index is 13.2. The maximum absolute atomic E-state index is 13.2. The Morgan fingerprint density at radius 1 is 1.24 bits per heavy atom. The van der Waals surface area contributed by atoms with Crippen molar-refractivity contribution in [2.45, 2.75) is 71.4 Å². The third kappa shape index (κ3) is 6.63. The van der Waals surface area contributed by atoms with Gasteiger partial charge < -0.3 is 10.2 Å². The van der Waals surface area contributed by atoms with E-state index >= 15 is 0 Å². The van der Waals surface area contributed by atoms with Crippen molar-refractivity contribution < 1.29 is 4.79 Å². The van der Waals surface area contributed by atoms with Gasteiger partial charge in [-0.1, -0.05) is 50.6 Å². The van der Waals surface area contributed by atoms with Crippen LogP contribution >= 0.6 is 12.4 Å². The molecule has 1 amide bonds. The SMILES string of the molecule is CCCC(Cc1ccccc1)N(CCC)C(=O)[C@H]1CCN[C@@H](C)C1.Cl. The molecule has 2 rings (SSSR count). The maximum Gasteiger partial charge on any atom is 0.226 e. The molecule has 0 radical (unpaired) electrons. The molecule has 0 bridgehead atoms. The average Bonchev–Trinajstić information content (AvgIpc) is 2.60. The predicted molar refractivity (Wildman–Crippen MR) is 108 cm³/mol. The molecule has 1 heterocycles. The normalized spacial score (nSPS) is 21.2. The molecular weight excluding hydrogens is 332 g/mol. The molecule has 1 saturated heterocycles. The number of hydrogen-bond donors (Lipinski definition) is 1. The zero-order valence-corrected chi connectivity index (χ0v) is 16.9. The van der Waals surface area contributed by atoms with Gasteiger partial charge in [0.1, 0.15) is 0 Å². The van der Waals surface area contributed by atoms with Crippen LogP contribution in [0, 0.1) is 5.92 Å². The van der Waals surface area contributed by atoms with E-state index in [0.717, 1.165) is 51.6 Å². The molecule has 1 aromatic carbocycles. The molecule has 1 aliphatic heterocycles. The molecule has 1 aromatic rings. The number of benzene rings is 1. The molecule has 25 heavy (non-hydrogen) atoms. The van der Waals surface area contributed by atoms with Gasteiger partial charge in [0.25, 0.3) is 0 Å². The molecule has 0 saturated carbocycles. The summed E-state index contributed by atoms with van der Waals surface area (Å²) >= 11 is 0. The third-order valence-corrected chi connectivity index (χ3v) is 5.10. The van der Waals surface area contributed by atoms with Gasteiger partial charge >= 0.3 is 0 Å². The zero-order chi connectivity index (χ0) is 17.4. The molecule has 142 valence electrons. The number of rotatable bonds is 8. The summed E-state index contributed by atoms with van der Waals surface area (Å²) in [5.74, 6) is 0.586. The van der Waals surface area contributed by atoms with Crippen LogP contribution in [-0.2, 0) is 11.2 Å². The molecule has 3 nitrogen and oxygen atoms in total. The Balaban J connectivity index is 0.00000312. The summed E-state index contributed by atoms with van der Waals surface area (Å²) in [4.78, 5) is 15.4. The minimum atomic E-state index is 0. The Bertz CT molecular complexity index is 494. The Kier molecular flexibility index (Phi) is 10.1.